The molecular formula is C9H10O4. The number of carbonyl (C=O) groups is 2. The molecule has 2 aliphatic rings. The Balaban J connectivity index is 2.46. The van der Waals surface area contributed by atoms with E-state index in [2.05, 4.69) is 0 Å². The fourth-order valence-electron chi connectivity index (χ4n) is 2.53. The summed E-state index contributed by atoms with van der Waals surface area (Å²) in [5.41, 5.74) is 0.313. The van der Waals surface area contributed by atoms with Crippen molar-refractivity contribution in [2.75, 3.05) is 0 Å². The molecule has 0 saturated heterocycles. The monoisotopic (exact) mass is 182 g/mol. The molecule has 4 nitrogen and oxygen atoms in total. The molecule has 0 amide bonds. The van der Waals surface area contributed by atoms with Crippen LogP contribution in [-0.2, 0) is 9.59 Å². The van der Waals surface area contributed by atoms with Crippen LogP contribution in [0.4, 0.5) is 0 Å². The Labute approximate surface area is 74.9 Å². The van der Waals surface area contributed by atoms with Crippen molar-refractivity contribution in [2.45, 2.75) is 19.3 Å². The smallest absolute Gasteiger partial charge is 0.332 e. The van der Waals surface area contributed by atoms with Crippen molar-refractivity contribution < 1.29 is 19.8 Å². The molecule has 1 fully saturated rings. The van der Waals surface area contributed by atoms with Gasteiger partial charge >= 0.3 is 11.9 Å². The average molecular weight is 182 g/mol. The molecule has 0 spiro atoms. The lowest BCUT2D eigenvalue weighted by Gasteiger charge is -2.12. The first-order chi connectivity index (χ1) is 6.11. The number of fused-ring (bicyclic) bond motifs is 2. The number of rotatable bonds is 2. The van der Waals surface area contributed by atoms with Gasteiger partial charge in [0.2, 0.25) is 0 Å². The van der Waals surface area contributed by atoms with Gasteiger partial charge in [-0.15, -0.1) is 0 Å². The summed E-state index contributed by atoms with van der Waals surface area (Å²) >= 11 is 0. The summed E-state index contributed by atoms with van der Waals surface area (Å²) in [4.78, 5) is 21.6. The van der Waals surface area contributed by atoms with Gasteiger partial charge in [0, 0.05) is 0 Å². The number of carboxylic acid groups (broad SMARTS) is 2. The lowest BCUT2D eigenvalue weighted by Crippen LogP contribution is -2.17. The van der Waals surface area contributed by atoms with Gasteiger partial charge in [-0.1, -0.05) is 0 Å². The van der Waals surface area contributed by atoms with E-state index in [-0.39, 0.29) is 23.0 Å². The first-order valence-corrected chi connectivity index (χ1v) is 4.32. The second-order valence-electron chi connectivity index (χ2n) is 3.64. The number of carboxylic acids is 2. The van der Waals surface area contributed by atoms with Crippen LogP contribution in [0.25, 0.3) is 0 Å². The van der Waals surface area contributed by atoms with E-state index in [4.69, 9.17) is 10.2 Å². The molecule has 70 valence electrons. The van der Waals surface area contributed by atoms with E-state index in [1.807, 2.05) is 0 Å². The minimum absolute atomic E-state index is 0.00593. The average Bonchev–Trinajstić information content (AvgIpc) is 2.60. The van der Waals surface area contributed by atoms with Crippen molar-refractivity contribution in [3.63, 3.8) is 0 Å². The van der Waals surface area contributed by atoms with E-state index < -0.39 is 11.9 Å². The van der Waals surface area contributed by atoms with Gasteiger partial charge in [-0.25, -0.2) is 9.59 Å². The molecule has 4 heteroatoms. The van der Waals surface area contributed by atoms with Crippen LogP contribution in [0.1, 0.15) is 19.3 Å². The van der Waals surface area contributed by atoms with Gasteiger partial charge in [0.1, 0.15) is 0 Å². The molecule has 13 heavy (non-hydrogen) atoms. The molecule has 0 aromatic heterocycles. The Morgan fingerprint density at radius 2 is 1.38 bits per heavy atom. The van der Waals surface area contributed by atoms with Gasteiger partial charge < -0.3 is 10.2 Å². The highest BCUT2D eigenvalue weighted by atomic mass is 16.4. The van der Waals surface area contributed by atoms with Gasteiger partial charge in [-0.3, -0.25) is 0 Å². The molecule has 0 aliphatic heterocycles. The van der Waals surface area contributed by atoms with Gasteiger partial charge in [-0.05, 0) is 31.1 Å². The van der Waals surface area contributed by atoms with Gasteiger partial charge in [-0.2, -0.15) is 0 Å². The Morgan fingerprint density at radius 1 is 1.00 bits per heavy atom. The van der Waals surface area contributed by atoms with Crippen LogP contribution in [0.3, 0.4) is 0 Å². The summed E-state index contributed by atoms with van der Waals surface area (Å²) in [6.45, 7) is 0. The van der Waals surface area contributed by atoms with Crippen LogP contribution in [0.2, 0.25) is 0 Å². The molecule has 2 atom stereocenters. The normalized spacial score (nSPS) is 31.1. The molecule has 0 aromatic rings. The van der Waals surface area contributed by atoms with E-state index in [0.717, 1.165) is 19.3 Å². The van der Waals surface area contributed by atoms with E-state index in [9.17, 15) is 9.59 Å². The van der Waals surface area contributed by atoms with Crippen LogP contribution >= 0.6 is 0 Å². The maximum Gasteiger partial charge on any atom is 0.332 e. The minimum Gasteiger partial charge on any atom is -0.478 e. The van der Waals surface area contributed by atoms with E-state index in [0.29, 0.717) is 0 Å². The maximum absolute atomic E-state index is 10.8. The summed E-state index contributed by atoms with van der Waals surface area (Å²) in [5, 5.41) is 17.7. The second kappa shape index (κ2) is 2.58. The second-order valence-corrected chi connectivity index (χ2v) is 3.64. The topological polar surface area (TPSA) is 74.6 Å². The van der Waals surface area contributed by atoms with Crippen molar-refractivity contribution in [3.05, 3.63) is 11.1 Å². The SMILES string of the molecule is O=C(O)C1=C(C(=O)O)[C@H]2CCC1C2. The Kier molecular flexibility index (Phi) is 1.65. The van der Waals surface area contributed by atoms with Crippen molar-refractivity contribution in [1.29, 1.82) is 0 Å². The molecule has 0 radical (unpaired) electrons. The largest absolute Gasteiger partial charge is 0.478 e. The molecular weight excluding hydrogens is 172 g/mol. The van der Waals surface area contributed by atoms with Gasteiger partial charge in [0.25, 0.3) is 0 Å². The van der Waals surface area contributed by atoms with Crippen LogP contribution < -0.4 is 0 Å². The van der Waals surface area contributed by atoms with Gasteiger partial charge in [0.05, 0.1) is 11.1 Å². The van der Waals surface area contributed by atoms with Crippen LogP contribution in [-0.4, -0.2) is 22.2 Å². The molecule has 2 N–H and O–H groups in total. The fraction of sp³-hybridized carbons (Fsp3) is 0.556. The lowest BCUT2D eigenvalue weighted by atomic mass is 9.92. The molecule has 0 heterocycles. The highest BCUT2D eigenvalue weighted by Gasteiger charge is 2.44. The molecule has 2 aliphatic carbocycles. The number of hydrogen-bond acceptors (Lipinski definition) is 2. The maximum atomic E-state index is 10.8. The van der Waals surface area contributed by atoms with Crippen LogP contribution in [0.5, 0.6) is 0 Å². The van der Waals surface area contributed by atoms with Crippen molar-refractivity contribution in [3.8, 4) is 0 Å². The fourth-order valence-corrected chi connectivity index (χ4v) is 2.53. The highest BCUT2D eigenvalue weighted by molar-refractivity contribution is 6.00. The minimum atomic E-state index is -1.05. The standard InChI is InChI=1S/C9H10O4/c10-8(11)6-4-1-2-5(3-4)7(6)9(12)13/h4-5H,1-3H2,(H,10,11)(H,12,13)/t4-,5?/m0/s1. The zero-order valence-corrected chi connectivity index (χ0v) is 6.99. The zero-order chi connectivity index (χ0) is 9.59. The van der Waals surface area contributed by atoms with E-state index in [1.165, 1.54) is 0 Å². The summed E-state index contributed by atoms with van der Waals surface area (Å²) in [7, 11) is 0. The molecule has 2 rings (SSSR count). The molecule has 0 aromatic carbocycles. The van der Waals surface area contributed by atoms with E-state index >= 15 is 0 Å². The molecule has 2 bridgehead atoms. The molecule has 1 saturated carbocycles. The zero-order valence-electron chi connectivity index (χ0n) is 6.99. The van der Waals surface area contributed by atoms with Crippen LogP contribution in [0, 0.1) is 11.8 Å². The summed E-state index contributed by atoms with van der Waals surface area (Å²) in [6.07, 6.45) is 2.40. The lowest BCUT2D eigenvalue weighted by molar-refractivity contribution is -0.136. The van der Waals surface area contributed by atoms with Crippen molar-refractivity contribution >= 4 is 11.9 Å². The van der Waals surface area contributed by atoms with Gasteiger partial charge in [0.15, 0.2) is 0 Å². The van der Waals surface area contributed by atoms with Crippen molar-refractivity contribution in [1.82, 2.24) is 0 Å². The summed E-state index contributed by atoms with van der Waals surface area (Å²) in [5.74, 6) is -2.11. The first-order valence-electron chi connectivity index (χ1n) is 4.32. The van der Waals surface area contributed by atoms with E-state index in [1.54, 1.807) is 0 Å². The Hall–Kier alpha value is -1.32. The third kappa shape index (κ3) is 1.05. The summed E-state index contributed by atoms with van der Waals surface area (Å²) < 4.78 is 0. The molecule has 1 unspecified atom stereocenters. The number of hydrogen-bond donors (Lipinski definition) is 2. The summed E-state index contributed by atoms with van der Waals surface area (Å²) in [6, 6.07) is 0. The Bertz CT molecular complexity index is 286. The predicted molar refractivity (Wildman–Crippen MR) is 43.1 cm³/mol. The third-order valence-corrected chi connectivity index (χ3v) is 3.00. The first kappa shape index (κ1) is 8.29. The van der Waals surface area contributed by atoms with Crippen molar-refractivity contribution in [2.24, 2.45) is 11.8 Å². The highest BCUT2D eigenvalue weighted by Crippen LogP contribution is 2.48. The third-order valence-electron chi connectivity index (χ3n) is 3.00. The Morgan fingerprint density at radius 3 is 1.69 bits per heavy atom. The quantitative estimate of drug-likeness (QED) is 0.664. The number of aliphatic carboxylic acids is 2. The van der Waals surface area contributed by atoms with Crippen LogP contribution in [0.15, 0.2) is 11.1 Å². The predicted octanol–water partition coefficient (Wildman–Crippen LogP) is 0.882.